The number of halogens is 1. The Morgan fingerprint density at radius 1 is 1.39 bits per heavy atom. The molecule has 1 atom stereocenters. The highest BCUT2D eigenvalue weighted by Crippen LogP contribution is 2.29. The first-order chi connectivity index (χ1) is 8.56. The fourth-order valence-corrected chi connectivity index (χ4v) is 3.17. The summed E-state index contributed by atoms with van der Waals surface area (Å²) in [4.78, 5) is 2.50. The molecule has 2 rings (SSSR count). The van der Waals surface area contributed by atoms with Gasteiger partial charge in [0.25, 0.3) is 0 Å². The average Bonchev–Trinajstić information content (AvgIpc) is 2.32. The SMILES string of the molecule is Cc1ccc(Br)c(N2CCCC(NC(C)C)C2)c1. The highest BCUT2D eigenvalue weighted by atomic mass is 79.9. The minimum absolute atomic E-state index is 0.566. The van der Waals surface area contributed by atoms with E-state index >= 15 is 0 Å². The summed E-state index contributed by atoms with van der Waals surface area (Å²) in [6.45, 7) is 8.88. The molecule has 1 N–H and O–H groups in total. The van der Waals surface area contributed by atoms with Crippen LogP contribution in [0.1, 0.15) is 32.3 Å². The minimum atomic E-state index is 0.566. The van der Waals surface area contributed by atoms with Crippen molar-refractivity contribution in [2.75, 3.05) is 18.0 Å². The number of piperidine rings is 1. The fraction of sp³-hybridized carbons (Fsp3) is 0.600. The molecule has 1 aromatic rings. The van der Waals surface area contributed by atoms with E-state index in [0.717, 1.165) is 6.54 Å². The van der Waals surface area contributed by atoms with Crippen LogP contribution in [0.15, 0.2) is 22.7 Å². The van der Waals surface area contributed by atoms with E-state index in [9.17, 15) is 0 Å². The average molecular weight is 311 g/mol. The Balaban J connectivity index is 2.10. The summed E-state index contributed by atoms with van der Waals surface area (Å²) in [5, 5.41) is 3.66. The first-order valence-electron chi connectivity index (χ1n) is 6.83. The van der Waals surface area contributed by atoms with Crippen molar-refractivity contribution in [1.82, 2.24) is 5.32 Å². The summed E-state index contributed by atoms with van der Waals surface area (Å²) in [6.07, 6.45) is 2.56. The molecule has 1 saturated heterocycles. The van der Waals surface area contributed by atoms with Gasteiger partial charge in [0.05, 0.1) is 5.69 Å². The summed E-state index contributed by atoms with van der Waals surface area (Å²) in [5.41, 5.74) is 2.66. The van der Waals surface area contributed by atoms with Gasteiger partial charge in [-0.2, -0.15) is 0 Å². The summed E-state index contributed by atoms with van der Waals surface area (Å²) >= 11 is 3.67. The van der Waals surface area contributed by atoms with Crippen LogP contribution in [0.4, 0.5) is 5.69 Å². The van der Waals surface area contributed by atoms with Crippen LogP contribution in [-0.4, -0.2) is 25.2 Å². The van der Waals surface area contributed by atoms with E-state index in [2.05, 4.69) is 65.1 Å². The van der Waals surface area contributed by atoms with Crippen molar-refractivity contribution in [3.05, 3.63) is 28.2 Å². The predicted octanol–water partition coefficient (Wildman–Crippen LogP) is 3.72. The Kier molecular flexibility index (Phi) is 4.68. The predicted molar refractivity (Wildman–Crippen MR) is 82.4 cm³/mol. The molecular weight excluding hydrogens is 288 g/mol. The standard InChI is InChI=1S/C15H23BrN2/c1-11(2)17-13-5-4-8-18(10-13)15-9-12(3)6-7-14(15)16/h6-7,9,11,13,17H,4-5,8,10H2,1-3H3. The monoisotopic (exact) mass is 310 g/mol. The van der Waals surface area contributed by atoms with E-state index < -0.39 is 0 Å². The number of benzene rings is 1. The van der Waals surface area contributed by atoms with Crippen molar-refractivity contribution in [3.8, 4) is 0 Å². The van der Waals surface area contributed by atoms with Gasteiger partial charge in [0.1, 0.15) is 0 Å². The first kappa shape index (κ1) is 13.9. The number of hydrogen-bond acceptors (Lipinski definition) is 2. The van der Waals surface area contributed by atoms with Crippen molar-refractivity contribution in [2.45, 2.75) is 45.7 Å². The van der Waals surface area contributed by atoms with Crippen LogP contribution in [0.3, 0.4) is 0 Å². The highest BCUT2D eigenvalue weighted by molar-refractivity contribution is 9.10. The number of aryl methyl sites for hydroxylation is 1. The second-order valence-corrected chi connectivity index (χ2v) is 6.42. The highest BCUT2D eigenvalue weighted by Gasteiger charge is 2.21. The molecule has 1 unspecified atom stereocenters. The maximum absolute atomic E-state index is 3.67. The number of rotatable bonds is 3. The molecule has 0 aliphatic carbocycles. The Morgan fingerprint density at radius 2 is 2.17 bits per heavy atom. The Bertz CT molecular complexity index is 403. The Labute approximate surface area is 119 Å². The van der Waals surface area contributed by atoms with Crippen LogP contribution in [-0.2, 0) is 0 Å². The van der Waals surface area contributed by atoms with Crippen molar-refractivity contribution >= 4 is 21.6 Å². The first-order valence-corrected chi connectivity index (χ1v) is 7.62. The molecule has 0 radical (unpaired) electrons. The largest absolute Gasteiger partial charge is 0.369 e. The molecule has 0 bridgehead atoms. The molecular formula is C15H23BrN2. The van der Waals surface area contributed by atoms with Gasteiger partial charge < -0.3 is 10.2 Å². The number of nitrogens with zero attached hydrogens (tertiary/aromatic N) is 1. The summed E-state index contributed by atoms with van der Waals surface area (Å²) in [6, 6.07) is 7.77. The normalized spacial score (nSPS) is 20.5. The van der Waals surface area contributed by atoms with Crippen molar-refractivity contribution < 1.29 is 0 Å². The molecule has 0 saturated carbocycles. The number of hydrogen-bond donors (Lipinski definition) is 1. The molecule has 1 aliphatic heterocycles. The van der Waals surface area contributed by atoms with E-state index in [1.165, 1.54) is 35.1 Å². The van der Waals surface area contributed by atoms with Crippen LogP contribution in [0, 0.1) is 6.92 Å². The quantitative estimate of drug-likeness (QED) is 0.915. The van der Waals surface area contributed by atoms with E-state index in [1.807, 2.05) is 0 Å². The second-order valence-electron chi connectivity index (χ2n) is 5.56. The molecule has 0 aromatic heterocycles. The van der Waals surface area contributed by atoms with Crippen molar-refractivity contribution in [2.24, 2.45) is 0 Å². The summed E-state index contributed by atoms with van der Waals surface area (Å²) < 4.78 is 1.21. The molecule has 100 valence electrons. The lowest BCUT2D eigenvalue weighted by Gasteiger charge is -2.36. The minimum Gasteiger partial charge on any atom is -0.369 e. The molecule has 0 spiro atoms. The lowest BCUT2D eigenvalue weighted by molar-refractivity contribution is 0.394. The Hall–Kier alpha value is -0.540. The van der Waals surface area contributed by atoms with Gasteiger partial charge in [-0.15, -0.1) is 0 Å². The van der Waals surface area contributed by atoms with Gasteiger partial charge in [0.15, 0.2) is 0 Å². The number of anilines is 1. The molecule has 2 nitrogen and oxygen atoms in total. The third-order valence-corrected chi connectivity index (χ3v) is 4.10. The molecule has 1 fully saturated rings. The zero-order valence-corrected chi connectivity index (χ0v) is 13.1. The summed E-state index contributed by atoms with van der Waals surface area (Å²) in [7, 11) is 0. The Morgan fingerprint density at radius 3 is 2.89 bits per heavy atom. The second kappa shape index (κ2) is 6.07. The van der Waals surface area contributed by atoms with E-state index in [1.54, 1.807) is 0 Å². The van der Waals surface area contributed by atoms with Crippen molar-refractivity contribution in [3.63, 3.8) is 0 Å². The van der Waals surface area contributed by atoms with E-state index in [0.29, 0.717) is 12.1 Å². The van der Waals surface area contributed by atoms with Gasteiger partial charge in [-0.05, 0) is 53.4 Å². The van der Waals surface area contributed by atoms with Gasteiger partial charge in [0, 0.05) is 29.6 Å². The van der Waals surface area contributed by atoms with Gasteiger partial charge in [0.2, 0.25) is 0 Å². The number of nitrogens with one attached hydrogen (secondary N) is 1. The third kappa shape index (κ3) is 3.48. The molecule has 1 aliphatic rings. The van der Waals surface area contributed by atoms with Crippen LogP contribution in [0.2, 0.25) is 0 Å². The third-order valence-electron chi connectivity index (χ3n) is 3.43. The fourth-order valence-electron chi connectivity index (χ4n) is 2.67. The van der Waals surface area contributed by atoms with Crippen LogP contribution >= 0.6 is 15.9 Å². The zero-order chi connectivity index (χ0) is 13.1. The van der Waals surface area contributed by atoms with E-state index in [4.69, 9.17) is 0 Å². The van der Waals surface area contributed by atoms with E-state index in [-0.39, 0.29) is 0 Å². The molecule has 3 heteroatoms. The molecule has 18 heavy (non-hydrogen) atoms. The van der Waals surface area contributed by atoms with Gasteiger partial charge in [-0.3, -0.25) is 0 Å². The van der Waals surface area contributed by atoms with Crippen LogP contribution in [0.5, 0.6) is 0 Å². The zero-order valence-electron chi connectivity index (χ0n) is 11.5. The summed E-state index contributed by atoms with van der Waals surface area (Å²) in [5.74, 6) is 0. The topological polar surface area (TPSA) is 15.3 Å². The molecule has 1 heterocycles. The lowest BCUT2D eigenvalue weighted by atomic mass is 10.0. The van der Waals surface area contributed by atoms with Gasteiger partial charge >= 0.3 is 0 Å². The lowest BCUT2D eigenvalue weighted by Crippen LogP contribution is -2.48. The van der Waals surface area contributed by atoms with Gasteiger partial charge in [-0.25, -0.2) is 0 Å². The maximum Gasteiger partial charge on any atom is 0.0513 e. The molecule has 1 aromatic carbocycles. The van der Waals surface area contributed by atoms with Gasteiger partial charge in [-0.1, -0.05) is 19.9 Å². The molecule has 0 amide bonds. The van der Waals surface area contributed by atoms with Crippen LogP contribution in [0.25, 0.3) is 0 Å². The smallest absolute Gasteiger partial charge is 0.0513 e. The maximum atomic E-state index is 3.67. The van der Waals surface area contributed by atoms with Crippen molar-refractivity contribution in [1.29, 1.82) is 0 Å². The van der Waals surface area contributed by atoms with Crippen LogP contribution < -0.4 is 10.2 Å².